The molecule has 0 radical (unpaired) electrons. The maximum Gasteiger partial charge on any atom is 0.272 e. The molecule has 3 rings (SSSR count). The highest BCUT2D eigenvalue weighted by Crippen LogP contribution is 2.13. The number of rotatable bonds is 3. The first kappa shape index (κ1) is 11.3. The van der Waals surface area contributed by atoms with E-state index in [0.717, 1.165) is 16.5 Å². The average molecular weight is 253 g/mol. The third-order valence-corrected chi connectivity index (χ3v) is 2.78. The highest BCUT2D eigenvalue weighted by molar-refractivity contribution is 6.04. The van der Waals surface area contributed by atoms with Crippen molar-refractivity contribution in [3.63, 3.8) is 0 Å². The van der Waals surface area contributed by atoms with Gasteiger partial charge in [-0.2, -0.15) is 5.10 Å². The number of carbonyl (C=O) groups is 1. The van der Waals surface area contributed by atoms with Crippen LogP contribution < -0.4 is 5.32 Å². The molecule has 0 aromatic carbocycles. The second-order valence-electron chi connectivity index (χ2n) is 4.03. The molecule has 3 heterocycles. The molecule has 0 aliphatic heterocycles. The SMILES string of the molecule is O=C(NCc1ccncc1)c1n[nH]c2ccncc12. The van der Waals surface area contributed by atoms with Crippen molar-refractivity contribution >= 4 is 16.8 Å². The number of nitrogens with one attached hydrogen (secondary N) is 2. The van der Waals surface area contributed by atoms with E-state index in [1.54, 1.807) is 30.9 Å². The van der Waals surface area contributed by atoms with Gasteiger partial charge < -0.3 is 5.32 Å². The van der Waals surface area contributed by atoms with Gasteiger partial charge in [-0.3, -0.25) is 19.9 Å². The van der Waals surface area contributed by atoms with Gasteiger partial charge in [0.25, 0.3) is 5.91 Å². The van der Waals surface area contributed by atoms with E-state index in [2.05, 4.69) is 25.5 Å². The van der Waals surface area contributed by atoms with Crippen molar-refractivity contribution in [1.82, 2.24) is 25.5 Å². The van der Waals surface area contributed by atoms with Crippen LogP contribution in [0.15, 0.2) is 43.0 Å². The fraction of sp³-hybridized carbons (Fsp3) is 0.0769. The summed E-state index contributed by atoms with van der Waals surface area (Å²) in [5.74, 6) is -0.226. The van der Waals surface area contributed by atoms with Gasteiger partial charge in [-0.05, 0) is 23.8 Å². The lowest BCUT2D eigenvalue weighted by atomic mass is 10.2. The predicted molar refractivity (Wildman–Crippen MR) is 69.3 cm³/mol. The number of hydrogen-bond donors (Lipinski definition) is 2. The van der Waals surface area contributed by atoms with Gasteiger partial charge >= 0.3 is 0 Å². The fourth-order valence-corrected chi connectivity index (χ4v) is 1.80. The molecule has 6 nitrogen and oxygen atoms in total. The number of nitrogens with zero attached hydrogens (tertiary/aromatic N) is 3. The lowest BCUT2D eigenvalue weighted by Gasteiger charge is -2.03. The van der Waals surface area contributed by atoms with Gasteiger partial charge in [0.2, 0.25) is 0 Å². The highest BCUT2D eigenvalue weighted by Gasteiger charge is 2.13. The minimum atomic E-state index is -0.226. The first-order chi connectivity index (χ1) is 9.34. The monoisotopic (exact) mass is 253 g/mol. The number of carbonyl (C=O) groups excluding carboxylic acids is 1. The lowest BCUT2D eigenvalue weighted by molar-refractivity contribution is 0.0947. The Balaban J connectivity index is 1.77. The molecule has 0 atom stereocenters. The maximum atomic E-state index is 12.1. The number of pyridine rings is 2. The van der Waals surface area contributed by atoms with Crippen molar-refractivity contribution < 1.29 is 4.79 Å². The summed E-state index contributed by atoms with van der Waals surface area (Å²) in [4.78, 5) is 20.0. The Morgan fingerprint density at radius 1 is 1.16 bits per heavy atom. The summed E-state index contributed by atoms with van der Waals surface area (Å²) in [5, 5.41) is 10.4. The van der Waals surface area contributed by atoms with E-state index in [-0.39, 0.29) is 5.91 Å². The fourth-order valence-electron chi connectivity index (χ4n) is 1.80. The molecule has 94 valence electrons. The predicted octanol–water partition coefficient (Wildman–Crippen LogP) is 1.28. The third kappa shape index (κ3) is 2.28. The van der Waals surface area contributed by atoms with Gasteiger partial charge in [0.15, 0.2) is 5.69 Å². The molecular weight excluding hydrogens is 242 g/mol. The Hall–Kier alpha value is -2.76. The normalized spacial score (nSPS) is 10.5. The van der Waals surface area contributed by atoms with E-state index in [4.69, 9.17) is 0 Å². The number of aromatic amines is 1. The Bertz CT molecular complexity index is 707. The van der Waals surface area contributed by atoms with Crippen LogP contribution in [-0.2, 0) is 6.54 Å². The van der Waals surface area contributed by atoms with E-state index in [1.165, 1.54) is 0 Å². The van der Waals surface area contributed by atoms with Crippen molar-refractivity contribution in [2.75, 3.05) is 0 Å². The third-order valence-electron chi connectivity index (χ3n) is 2.78. The average Bonchev–Trinajstić information content (AvgIpc) is 2.90. The summed E-state index contributed by atoms with van der Waals surface area (Å²) in [6.07, 6.45) is 6.66. The summed E-state index contributed by atoms with van der Waals surface area (Å²) in [5.41, 5.74) is 2.14. The van der Waals surface area contributed by atoms with Crippen molar-refractivity contribution in [3.05, 3.63) is 54.2 Å². The Kier molecular flexibility index (Phi) is 2.89. The summed E-state index contributed by atoms with van der Waals surface area (Å²) >= 11 is 0. The molecule has 0 aliphatic rings. The van der Waals surface area contributed by atoms with Crippen LogP contribution in [0.5, 0.6) is 0 Å². The quantitative estimate of drug-likeness (QED) is 0.736. The van der Waals surface area contributed by atoms with Crippen molar-refractivity contribution in [1.29, 1.82) is 0 Å². The van der Waals surface area contributed by atoms with Gasteiger partial charge in [0, 0.05) is 31.3 Å². The molecule has 0 aliphatic carbocycles. The maximum absolute atomic E-state index is 12.1. The van der Waals surface area contributed by atoms with Crippen LogP contribution in [0, 0.1) is 0 Å². The molecule has 3 aromatic rings. The zero-order chi connectivity index (χ0) is 13.1. The van der Waals surface area contributed by atoms with Crippen LogP contribution >= 0.6 is 0 Å². The number of H-pyrrole nitrogens is 1. The molecular formula is C13H11N5O. The number of fused-ring (bicyclic) bond motifs is 1. The summed E-state index contributed by atoms with van der Waals surface area (Å²) in [6, 6.07) is 5.48. The highest BCUT2D eigenvalue weighted by atomic mass is 16.1. The molecule has 0 fully saturated rings. The Morgan fingerprint density at radius 2 is 1.95 bits per heavy atom. The largest absolute Gasteiger partial charge is 0.347 e. The van der Waals surface area contributed by atoms with Crippen LogP contribution in [0.2, 0.25) is 0 Å². The molecule has 0 saturated carbocycles. The summed E-state index contributed by atoms with van der Waals surface area (Å²) < 4.78 is 0. The second-order valence-corrected chi connectivity index (χ2v) is 4.03. The number of hydrogen-bond acceptors (Lipinski definition) is 4. The van der Waals surface area contributed by atoms with Crippen LogP contribution in [0.4, 0.5) is 0 Å². The zero-order valence-electron chi connectivity index (χ0n) is 10.00. The molecule has 0 bridgehead atoms. The molecule has 6 heteroatoms. The Morgan fingerprint density at radius 3 is 2.79 bits per heavy atom. The van der Waals surface area contributed by atoms with Gasteiger partial charge in [0.05, 0.1) is 10.9 Å². The van der Waals surface area contributed by atoms with Crippen molar-refractivity contribution in [3.8, 4) is 0 Å². The van der Waals surface area contributed by atoms with Gasteiger partial charge in [0.1, 0.15) is 0 Å². The van der Waals surface area contributed by atoms with E-state index in [1.807, 2.05) is 12.1 Å². The second kappa shape index (κ2) is 4.85. The van der Waals surface area contributed by atoms with Crippen LogP contribution in [0.25, 0.3) is 10.9 Å². The van der Waals surface area contributed by atoms with E-state index in [0.29, 0.717) is 12.2 Å². The molecule has 0 unspecified atom stereocenters. The molecule has 19 heavy (non-hydrogen) atoms. The zero-order valence-corrected chi connectivity index (χ0v) is 10.00. The van der Waals surface area contributed by atoms with Gasteiger partial charge in [-0.15, -0.1) is 0 Å². The van der Waals surface area contributed by atoms with E-state index >= 15 is 0 Å². The lowest BCUT2D eigenvalue weighted by Crippen LogP contribution is -2.23. The van der Waals surface area contributed by atoms with Crippen molar-refractivity contribution in [2.45, 2.75) is 6.54 Å². The first-order valence-electron chi connectivity index (χ1n) is 5.80. The topological polar surface area (TPSA) is 83.6 Å². The molecule has 2 N–H and O–H groups in total. The smallest absolute Gasteiger partial charge is 0.272 e. The minimum Gasteiger partial charge on any atom is -0.347 e. The molecule has 1 amide bonds. The summed E-state index contributed by atoms with van der Waals surface area (Å²) in [7, 11) is 0. The molecule has 0 spiro atoms. The first-order valence-corrected chi connectivity index (χ1v) is 5.80. The molecule has 0 saturated heterocycles. The van der Waals surface area contributed by atoms with Gasteiger partial charge in [-0.1, -0.05) is 0 Å². The van der Waals surface area contributed by atoms with Crippen molar-refractivity contribution in [2.24, 2.45) is 0 Å². The standard InChI is InChI=1S/C13H11N5O/c19-13(16-7-9-1-4-14-5-2-9)12-10-8-15-6-3-11(10)17-18-12/h1-6,8H,7H2,(H,16,19)(H,17,18). The van der Waals surface area contributed by atoms with E-state index in [9.17, 15) is 4.79 Å². The number of aromatic nitrogens is 4. The summed E-state index contributed by atoms with van der Waals surface area (Å²) in [6.45, 7) is 0.440. The van der Waals surface area contributed by atoms with Gasteiger partial charge in [-0.25, -0.2) is 0 Å². The van der Waals surface area contributed by atoms with Crippen LogP contribution in [0.3, 0.4) is 0 Å². The Labute approximate surface area is 108 Å². The minimum absolute atomic E-state index is 0.226. The van der Waals surface area contributed by atoms with Crippen LogP contribution in [-0.4, -0.2) is 26.1 Å². The molecule has 3 aromatic heterocycles. The van der Waals surface area contributed by atoms with E-state index < -0.39 is 0 Å². The van der Waals surface area contributed by atoms with Crippen LogP contribution in [0.1, 0.15) is 16.1 Å². The number of amides is 1.